The van der Waals surface area contributed by atoms with Crippen molar-refractivity contribution in [2.45, 2.75) is 0 Å². The molecule has 0 aliphatic heterocycles. The normalized spacial score (nSPS) is 9.81. The fourth-order valence-corrected chi connectivity index (χ4v) is 1.94. The Morgan fingerprint density at radius 1 is 1.06 bits per heavy atom. The molecular formula is C14H8BrF. The van der Waals surface area contributed by atoms with Crippen molar-refractivity contribution < 1.29 is 4.39 Å². The Morgan fingerprint density at radius 3 is 2.38 bits per heavy atom. The molecule has 0 unspecified atom stereocenters. The first-order valence-corrected chi connectivity index (χ1v) is 5.52. The van der Waals surface area contributed by atoms with Gasteiger partial charge in [0.25, 0.3) is 0 Å². The summed E-state index contributed by atoms with van der Waals surface area (Å²) in [4.78, 5) is 0. The maximum atomic E-state index is 12.8. The van der Waals surface area contributed by atoms with Gasteiger partial charge in [0.1, 0.15) is 5.82 Å². The maximum Gasteiger partial charge on any atom is 0.123 e. The Bertz CT molecular complexity index is 550. The molecule has 16 heavy (non-hydrogen) atoms. The average Bonchev–Trinajstić information content (AvgIpc) is 2.31. The summed E-state index contributed by atoms with van der Waals surface area (Å²) in [6, 6.07) is 12.0. The molecule has 0 bridgehead atoms. The second-order valence-electron chi connectivity index (χ2n) is 3.35. The highest BCUT2D eigenvalue weighted by Crippen LogP contribution is 2.29. The molecule has 0 heterocycles. The molecule has 0 aromatic heterocycles. The van der Waals surface area contributed by atoms with Gasteiger partial charge in [-0.25, -0.2) is 4.39 Å². The van der Waals surface area contributed by atoms with Crippen molar-refractivity contribution in [1.29, 1.82) is 0 Å². The second-order valence-corrected chi connectivity index (χ2v) is 4.20. The molecule has 2 aromatic carbocycles. The summed E-state index contributed by atoms with van der Waals surface area (Å²) in [6.07, 6.45) is 5.35. The van der Waals surface area contributed by atoms with E-state index in [-0.39, 0.29) is 5.82 Å². The van der Waals surface area contributed by atoms with Crippen molar-refractivity contribution in [1.82, 2.24) is 0 Å². The van der Waals surface area contributed by atoms with Gasteiger partial charge in [-0.3, -0.25) is 0 Å². The number of hydrogen-bond donors (Lipinski definition) is 0. The Balaban J connectivity index is 2.55. The van der Waals surface area contributed by atoms with Crippen molar-refractivity contribution in [2.24, 2.45) is 0 Å². The van der Waals surface area contributed by atoms with E-state index in [0.717, 1.165) is 21.2 Å². The van der Waals surface area contributed by atoms with Crippen LogP contribution in [0.25, 0.3) is 11.1 Å². The quantitative estimate of drug-likeness (QED) is 0.683. The molecule has 0 aliphatic rings. The zero-order valence-electron chi connectivity index (χ0n) is 8.37. The minimum Gasteiger partial charge on any atom is -0.207 e. The van der Waals surface area contributed by atoms with Crippen LogP contribution in [0.5, 0.6) is 0 Å². The van der Waals surface area contributed by atoms with Crippen LogP contribution in [0.15, 0.2) is 46.9 Å². The highest BCUT2D eigenvalue weighted by atomic mass is 79.9. The minimum atomic E-state index is -0.243. The molecule has 0 radical (unpaired) electrons. The molecule has 0 N–H and O–H groups in total. The highest BCUT2D eigenvalue weighted by molar-refractivity contribution is 9.10. The van der Waals surface area contributed by atoms with Gasteiger partial charge in [0.15, 0.2) is 0 Å². The maximum absolute atomic E-state index is 12.8. The third-order valence-electron chi connectivity index (χ3n) is 2.29. The zero-order valence-corrected chi connectivity index (χ0v) is 9.96. The molecule has 0 saturated carbocycles. The molecule has 0 saturated heterocycles. The van der Waals surface area contributed by atoms with E-state index in [1.807, 2.05) is 18.2 Å². The smallest absolute Gasteiger partial charge is 0.123 e. The Morgan fingerprint density at radius 2 is 1.75 bits per heavy atom. The third-order valence-corrected chi connectivity index (χ3v) is 2.98. The number of rotatable bonds is 1. The van der Waals surface area contributed by atoms with Crippen LogP contribution in [-0.4, -0.2) is 0 Å². The van der Waals surface area contributed by atoms with Crippen LogP contribution >= 0.6 is 15.9 Å². The van der Waals surface area contributed by atoms with Crippen LogP contribution in [0.4, 0.5) is 4.39 Å². The first-order chi connectivity index (χ1) is 7.70. The highest BCUT2D eigenvalue weighted by Gasteiger charge is 2.03. The predicted molar refractivity (Wildman–Crippen MR) is 67.5 cm³/mol. The van der Waals surface area contributed by atoms with Gasteiger partial charge >= 0.3 is 0 Å². The molecular weight excluding hydrogens is 267 g/mol. The standard InChI is InChI=1S/C14H8BrF/c1-2-10-3-8-14(15)13(9-10)11-4-6-12(16)7-5-11/h1,3-9H. The van der Waals surface area contributed by atoms with E-state index in [4.69, 9.17) is 6.42 Å². The van der Waals surface area contributed by atoms with Gasteiger partial charge in [0.05, 0.1) is 0 Å². The predicted octanol–water partition coefficient (Wildman–Crippen LogP) is 4.24. The summed E-state index contributed by atoms with van der Waals surface area (Å²) >= 11 is 3.45. The van der Waals surface area contributed by atoms with Crippen LogP contribution in [-0.2, 0) is 0 Å². The monoisotopic (exact) mass is 274 g/mol. The lowest BCUT2D eigenvalue weighted by Gasteiger charge is -2.05. The molecule has 2 aromatic rings. The van der Waals surface area contributed by atoms with Gasteiger partial charge < -0.3 is 0 Å². The summed E-state index contributed by atoms with van der Waals surface area (Å²) < 4.78 is 13.7. The lowest BCUT2D eigenvalue weighted by atomic mass is 10.0. The first-order valence-electron chi connectivity index (χ1n) is 4.73. The van der Waals surface area contributed by atoms with Gasteiger partial charge in [-0.2, -0.15) is 0 Å². The summed E-state index contributed by atoms with van der Waals surface area (Å²) in [5, 5.41) is 0. The first kappa shape index (κ1) is 10.9. The van der Waals surface area contributed by atoms with Gasteiger partial charge in [-0.05, 0) is 41.5 Å². The topological polar surface area (TPSA) is 0 Å². The van der Waals surface area contributed by atoms with Crippen molar-refractivity contribution in [3.63, 3.8) is 0 Å². The molecule has 2 rings (SSSR count). The minimum absolute atomic E-state index is 0.243. The SMILES string of the molecule is C#Cc1ccc(Br)c(-c2ccc(F)cc2)c1. The lowest BCUT2D eigenvalue weighted by molar-refractivity contribution is 0.628. The second kappa shape index (κ2) is 4.51. The average molecular weight is 275 g/mol. The number of terminal acetylenes is 1. The fraction of sp³-hybridized carbons (Fsp3) is 0. The molecule has 78 valence electrons. The Hall–Kier alpha value is -1.59. The van der Waals surface area contributed by atoms with E-state index in [9.17, 15) is 4.39 Å². The molecule has 0 atom stereocenters. The van der Waals surface area contributed by atoms with Gasteiger partial charge in [-0.15, -0.1) is 6.42 Å². The molecule has 0 amide bonds. The lowest BCUT2D eigenvalue weighted by Crippen LogP contribution is -1.83. The Labute approximate surface area is 102 Å². The third kappa shape index (κ3) is 2.15. The summed E-state index contributed by atoms with van der Waals surface area (Å²) in [5.74, 6) is 2.34. The molecule has 0 aliphatic carbocycles. The van der Waals surface area contributed by atoms with Crippen molar-refractivity contribution in [3.8, 4) is 23.5 Å². The van der Waals surface area contributed by atoms with Gasteiger partial charge in [-0.1, -0.05) is 34.0 Å². The van der Waals surface area contributed by atoms with Crippen molar-refractivity contribution in [3.05, 3.63) is 58.3 Å². The van der Waals surface area contributed by atoms with E-state index in [0.29, 0.717) is 0 Å². The molecule has 2 heteroatoms. The zero-order chi connectivity index (χ0) is 11.5. The van der Waals surface area contributed by atoms with Gasteiger partial charge in [0, 0.05) is 10.0 Å². The summed E-state index contributed by atoms with van der Waals surface area (Å²) in [7, 11) is 0. The number of halogens is 2. The van der Waals surface area contributed by atoms with Crippen LogP contribution in [0.3, 0.4) is 0 Å². The molecule has 0 nitrogen and oxygen atoms in total. The van der Waals surface area contributed by atoms with Crippen molar-refractivity contribution >= 4 is 15.9 Å². The molecule has 0 spiro atoms. The van der Waals surface area contributed by atoms with Gasteiger partial charge in [0.2, 0.25) is 0 Å². The van der Waals surface area contributed by atoms with Crippen LogP contribution in [0, 0.1) is 18.2 Å². The van der Waals surface area contributed by atoms with E-state index in [1.165, 1.54) is 12.1 Å². The molecule has 0 fully saturated rings. The fourth-order valence-electron chi connectivity index (χ4n) is 1.47. The largest absolute Gasteiger partial charge is 0.207 e. The van der Waals surface area contributed by atoms with E-state index in [1.54, 1.807) is 12.1 Å². The Kier molecular flexibility index (Phi) is 3.07. The summed E-state index contributed by atoms with van der Waals surface area (Å²) in [5.41, 5.74) is 2.71. The number of benzene rings is 2. The number of hydrogen-bond acceptors (Lipinski definition) is 0. The van der Waals surface area contributed by atoms with E-state index >= 15 is 0 Å². The van der Waals surface area contributed by atoms with Crippen LogP contribution in [0.2, 0.25) is 0 Å². The van der Waals surface area contributed by atoms with E-state index < -0.39 is 0 Å². The van der Waals surface area contributed by atoms with E-state index in [2.05, 4.69) is 21.9 Å². The van der Waals surface area contributed by atoms with Crippen molar-refractivity contribution in [2.75, 3.05) is 0 Å². The summed E-state index contributed by atoms with van der Waals surface area (Å²) in [6.45, 7) is 0. The van der Waals surface area contributed by atoms with Crippen LogP contribution in [0.1, 0.15) is 5.56 Å². The van der Waals surface area contributed by atoms with Crippen LogP contribution < -0.4 is 0 Å².